The topological polar surface area (TPSA) is 39.1 Å². The van der Waals surface area contributed by atoms with Gasteiger partial charge in [0.2, 0.25) is 0 Å². The van der Waals surface area contributed by atoms with E-state index in [0.717, 1.165) is 29.2 Å². The van der Waals surface area contributed by atoms with Crippen molar-refractivity contribution in [3.8, 4) is 5.75 Å². The van der Waals surface area contributed by atoms with Crippen LogP contribution in [0.5, 0.6) is 5.75 Å². The van der Waals surface area contributed by atoms with Crippen LogP contribution in [0.3, 0.4) is 0 Å². The lowest BCUT2D eigenvalue weighted by Gasteiger charge is -2.10. The Balaban J connectivity index is 1.61. The first-order valence-electron chi connectivity index (χ1n) is 7.69. The molecule has 1 aliphatic carbocycles. The molecule has 1 aromatic heterocycles. The van der Waals surface area contributed by atoms with Crippen LogP contribution >= 0.6 is 0 Å². The fourth-order valence-electron chi connectivity index (χ4n) is 3.02. The smallest absolute Gasteiger partial charge is 0.121 e. The van der Waals surface area contributed by atoms with Crippen molar-refractivity contribution in [2.24, 2.45) is 0 Å². The Morgan fingerprint density at radius 3 is 2.81 bits per heavy atom. The molecule has 3 rings (SSSR count). The highest BCUT2D eigenvalue weighted by atomic mass is 16.5. The van der Waals surface area contributed by atoms with Gasteiger partial charge in [0, 0.05) is 11.9 Å². The van der Waals surface area contributed by atoms with Gasteiger partial charge in [0.05, 0.1) is 25.4 Å². The Labute approximate surface area is 126 Å². The van der Waals surface area contributed by atoms with Crippen LogP contribution in [0.15, 0.2) is 30.5 Å². The van der Waals surface area contributed by atoms with Crippen molar-refractivity contribution >= 4 is 5.69 Å². The van der Waals surface area contributed by atoms with Crippen LogP contribution in [0.25, 0.3) is 0 Å². The molecule has 1 heterocycles. The van der Waals surface area contributed by atoms with E-state index in [1.165, 1.54) is 25.7 Å². The van der Waals surface area contributed by atoms with E-state index in [1.54, 1.807) is 7.11 Å². The third-order valence-corrected chi connectivity index (χ3v) is 4.23. The van der Waals surface area contributed by atoms with Gasteiger partial charge in [-0.3, -0.25) is 4.68 Å². The minimum absolute atomic E-state index is 0.613. The van der Waals surface area contributed by atoms with Crippen LogP contribution in [0.1, 0.15) is 43.0 Å². The highest BCUT2D eigenvalue weighted by Crippen LogP contribution is 2.28. The van der Waals surface area contributed by atoms with Gasteiger partial charge < -0.3 is 10.1 Å². The Kier molecular flexibility index (Phi) is 4.13. The number of benzene rings is 1. The maximum atomic E-state index is 5.28. The number of hydrogen-bond donors (Lipinski definition) is 1. The van der Waals surface area contributed by atoms with Gasteiger partial charge in [-0.25, -0.2) is 0 Å². The highest BCUT2D eigenvalue weighted by Gasteiger charge is 2.17. The number of methoxy groups -OCH3 is 1. The predicted molar refractivity (Wildman–Crippen MR) is 84.8 cm³/mol. The van der Waals surface area contributed by atoms with Crippen molar-refractivity contribution in [2.75, 3.05) is 12.4 Å². The number of anilines is 1. The summed E-state index contributed by atoms with van der Waals surface area (Å²) in [5.41, 5.74) is 3.33. The third-order valence-electron chi connectivity index (χ3n) is 4.23. The van der Waals surface area contributed by atoms with Crippen molar-refractivity contribution in [1.82, 2.24) is 9.78 Å². The summed E-state index contributed by atoms with van der Waals surface area (Å²) < 4.78 is 7.42. The molecular formula is C17H23N3O. The molecule has 4 nitrogen and oxygen atoms in total. The number of ether oxygens (including phenoxy) is 1. The molecule has 1 saturated carbocycles. The standard InChI is InChI=1S/C17H23N3O/c1-13-11-14(7-8-17(13)21-2)18-12-15-9-10-20(19-15)16-5-3-4-6-16/h7-11,16,18H,3-6,12H2,1-2H3. The number of hydrogen-bond acceptors (Lipinski definition) is 3. The molecule has 1 aromatic carbocycles. The molecule has 0 radical (unpaired) electrons. The first-order valence-corrected chi connectivity index (χ1v) is 7.69. The molecule has 0 amide bonds. The molecular weight excluding hydrogens is 262 g/mol. The molecule has 1 N–H and O–H groups in total. The zero-order valence-electron chi connectivity index (χ0n) is 12.8. The minimum atomic E-state index is 0.613. The summed E-state index contributed by atoms with van der Waals surface area (Å²) in [4.78, 5) is 0. The molecule has 4 heteroatoms. The van der Waals surface area contributed by atoms with E-state index in [9.17, 15) is 0 Å². The summed E-state index contributed by atoms with van der Waals surface area (Å²) in [5, 5.41) is 8.12. The number of aromatic nitrogens is 2. The number of rotatable bonds is 5. The van der Waals surface area contributed by atoms with Gasteiger partial charge >= 0.3 is 0 Å². The molecule has 0 unspecified atom stereocenters. The van der Waals surface area contributed by atoms with Crippen LogP contribution in [0, 0.1) is 6.92 Å². The van der Waals surface area contributed by atoms with Crippen LogP contribution in [-0.2, 0) is 6.54 Å². The number of aryl methyl sites for hydroxylation is 1. The monoisotopic (exact) mass is 285 g/mol. The summed E-state index contributed by atoms with van der Waals surface area (Å²) in [7, 11) is 1.70. The Bertz CT molecular complexity index is 600. The van der Waals surface area contributed by atoms with Crippen molar-refractivity contribution in [1.29, 1.82) is 0 Å². The highest BCUT2D eigenvalue weighted by molar-refractivity contribution is 5.50. The summed E-state index contributed by atoms with van der Waals surface area (Å²) in [6.45, 7) is 2.81. The molecule has 112 valence electrons. The molecule has 0 saturated heterocycles. The van der Waals surface area contributed by atoms with E-state index in [4.69, 9.17) is 9.84 Å². The largest absolute Gasteiger partial charge is 0.496 e. The molecule has 0 spiro atoms. The van der Waals surface area contributed by atoms with Gasteiger partial charge in [-0.05, 0) is 49.6 Å². The zero-order chi connectivity index (χ0) is 14.7. The lowest BCUT2D eigenvalue weighted by molar-refractivity contribution is 0.412. The van der Waals surface area contributed by atoms with Crippen molar-refractivity contribution < 1.29 is 4.74 Å². The van der Waals surface area contributed by atoms with Crippen LogP contribution in [0.2, 0.25) is 0 Å². The van der Waals surface area contributed by atoms with Crippen molar-refractivity contribution in [3.63, 3.8) is 0 Å². The van der Waals surface area contributed by atoms with Gasteiger partial charge in [-0.15, -0.1) is 0 Å². The van der Waals surface area contributed by atoms with E-state index in [2.05, 4.69) is 35.3 Å². The SMILES string of the molecule is COc1ccc(NCc2ccn(C3CCCC3)n2)cc1C. The van der Waals surface area contributed by atoms with Crippen LogP contribution in [0.4, 0.5) is 5.69 Å². The first-order chi connectivity index (χ1) is 10.3. The lowest BCUT2D eigenvalue weighted by atomic mass is 10.2. The zero-order valence-corrected chi connectivity index (χ0v) is 12.8. The van der Waals surface area contributed by atoms with Crippen molar-refractivity contribution in [2.45, 2.75) is 45.2 Å². The van der Waals surface area contributed by atoms with Crippen LogP contribution < -0.4 is 10.1 Å². The number of nitrogens with zero attached hydrogens (tertiary/aromatic N) is 2. The maximum Gasteiger partial charge on any atom is 0.121 e. The lowest BCUT2D eigenvalue weighted by Crippen LogP contribution is -2.07. The average Bonchev–Trinajstić information content (AvgIpc) is 3.16. The Hall–Kier alpha value is -1.97. The summed E-state index contributed by atoms with van der Waals surface area (Å²) in [6.07, 6.45) is 7.33. The van der Waals surface area contributed by atoms with Crippen molar-refractivity contribution in [3.05, 3.63) is 41.7 Å². The fourth-order valence-corrected chi connectivity index (χ4v) is 3.02. The molecule has 0 aliphatic heterocycles. The Morgan fingerprint density at radius 1 is 1.29 bits per heavy atom. The second kappa shape index (κ2) is 6.20. The molecule has 21 heavy (non-hydrogen) atoms. The summed E-state index contributed by atoms with van der Waals surface area (Å²) >= 11 is 0. The first kappa shape index (κ1) is 14.0. The normalized spacial score (nSPS) is 15.3. The van der Waals surface area contributed by atoms with Gasteiger partial charge in [0.1, 0.15) is 5.75 Å². The minimum Gasteiger partial charge on any atom is -0.496 e. The third kappa shape index (κ3) is 3.20. The van der Waals surface area contributed by atoms with E-state index in [0.29, 0.717) is 6.04 Å². The van der Waals surface area contributed by atoms with E-state index < -0.39 is 0 Å². The summed E-state index contributed by atoms with van der Waals surface area (Å²) in [6, 6.07) is 8.87. The summed E-state index contributed by atoms with van der Waals surface area (Å²) in [5.74, 6) is 0.922. The van der Waals surface area contributed by atoms with Gasteiger partial charge in [0.25, 0.3) is 0 Å². The fraction of sp³-hybridized carbons (Fsp3) is 0.471. The van der Waals surface area contributed by atoms with E-state index >= 15 is 0 Å². The second-order valence-electron chi connectivity index (χ2n) is 5.76. The molecule has 0 atom stereocenters. The molecule has 1 fully saturated rings. The predicted octanol–water partition coefficient (Wildman–Crippen LogP) is 3.93. The molecule has 0 bridgehead atoms. The van der Waals surface area contributed by atoms with Gasteiger partial charge in [0.15, 0.2) is 0 Å². The Morgan fingerprint density at radius 2 is 2.10 bits per heavy atom. The maximum absolute atomic E-state index is 5.28. The average molecular weight is 285 g/mol. The van der Waals surface area contributed by atoms with E-state index in [1.807, 2.05) is 12.1 Å². The van der Waals surface area contributed by atoms with Gasteiger partial charge in [-0.1, -0.05) is 12.8 Å². The quantitative estimate of drug-likeness (QED) is 0.904. The molecule has 2 aromatic rings. The number of nitrogens with one attached hydrogen (secondary N) is 1. The van der Waals surface area contributed by atoms with E-state index in [-0.39, 0.29) is 0 Å². The molecule has 1 aliphatic rings. The second-order valence-corrected chi connectivity index (χ2v) is 5.76. The van der Waals surface area contributed by atoms with Crippen LogP contribution in [-0.4, -0.2) is 16.9 Å². The van der Waals surface area contributed by atoms with Gasteiger partial charge in [-0.2, -0.15) is 5.10 Å².